The Morgan fingerprint density at radius 3 is 2.27 bits per heavy atom. The first kappa shape index (κ1) is 24.1. The monoisotopic (exact) mass is 511 g/mol. The quantitative estimate of drug-likeness (QED) is 0.304. The predicted molar refractivity (Wildman–Crippen MR) is 142 cm³/mol. The van der Waals surface area contributed by atoms with Crippen molar-refractivity contribution in [3.63, 3.8) is 0 Å². The molecule has 0 radical (unpaired) electrons. The van der Waals surface area contributed by atoms with Crippen molar-refractivity contribution in [3.05, 3.63) is 119 Å². The van der Waals surface area contributed by atoms with Crippen molar-refractivity contribution in [2.45, 2.75) is 12.1 Å². The van der Waals surface area contributed by atoms with E-state index in [9.17, 15) is 19.5 Å². The van der Waals surface area contributed by atoms with E-state index in [1.165, 1.54) is 0 Å². The summed E-state index contributed by atoms with van der Waals surface area (Å²) in [5.74, 6) is -2.40. The van der Waals surface area contributed by atoms with Crippen molar-refractivity contribution >= 4 is 40.8 Å². The highest BCUT2D eigenvalue weighted by molar-refractivity contribution is 6.30. The number of nitrogen functional groups attached to an aromatic ring is 1. The molecule has 8 heteroatoms. The topological polar surface area (TPSA) is 113 Å². The first-order valence-corrected chi connectivity index (χ1v) is 11.9. The van der Waals surface area contributed by atoms with Crippen molar-refractivity contribution < 1.29 is 19.5 Å². The van der Waals surface area contributed by atoms with E-state index in [1.54, 1.807) is 91.0 Å². The van der Waals surface area contributed by atoms with E-state index in [0.717, 1.165) is 10.5 Å². The summed E-state index contributed by atoms with van der Waals surface area (Å²) >= 11 is 6.07. The average Bonchev–Trinajstić information content (AvgIpc) is 2.99. The maximum atomic E-state index is 14.2. The lowest BCUT2D eigenvalue weighted by Gasteiger charge is -2.34. The van der Waals surface area contributed by atoms with Crippen molar-refractivity contribution in [1.82, 2.24) is 4.90 Å². The Bertz CT molecular complexity index is 1510. The lowest BCUT2D eigenvalue weighted by molar-refractivity contribution is -0.144. The maximum Gasteiger partial charge on any atom is 0.331 e. The van der Waals surface area contributed by atoms with Crippen LogP contribution in [0.2, 0.25) is 5.02 Å². The molecule has 37 heavy (non-hydrogen) atoms. The van der Waals surface area contributed by atoms with Crippen LogP contribution in [0.5, 0.6) is 0 Å². The van der Waals surface area contributed by atoms with Gasteiger partial charge in [-0.25, -0.2) is 4.79 Å². The molecule has 184 valence electrons. The van der Waals surface area contributed by atoms with Crippen LogP contribution in [0, 0.1) is 0 Å². The molecule has 0 saturated carbocycles. The van der Waals surface area contributed by atoms with Crippen LogP contribution in [0.3, 0.4) is 0 Å². The summed E-state index contributed by atoms with van der Waals surface area (Å²) in [5, 5.41) is 13.6. The Morgan fingerprint density at radius 2 is 1.59 bits per heavy atom. The number of nitrogens with one attached hydrogen (secondary N) is 1. The zero-order valence-electron chi connectivity index (χ0n) is 19.5. The van der Waals surface area contributed by atoms with E-state index in [1.807, 2.05) is 6.07 Å². The minimum atomic E-state index is -1.43. The molecule has 1 aliphatic rings. The normalized spacial score (nSPS) is 15.9. The Balaban J connectivity index is 1.71. The summed E-state index contributed by atoms with van der Waals surface area (Å²) in [6.07, 6.45) is 0. The minimum absolute atomic E-state index is 0.173. The van der Waals surface area contributed by atoms with Crippen molar-refractivity contribution in [3.8, 4) is 11.1 Å². The molecule has 4 aromatic carbocycles. The summed E-state index contributed by atoms with van der Waals surface area (Å²) < 4.78 is 0. The van der Waals surface area contributed by atoms with Crippen LogP contribution in [0.15, 0.2) is 97.1 Å². The van der Waals surface area contributed by atoms with Crippen LogP contribution in [0.1, 0.15) is 33.6 Å². The van der Waals surface area contributed by atoms with Gasteiger partial charge in [0.15, 0.2) is 6.04 Å². The van der Waals surface area contributed by atoms with Gasteiger partial charge in [-0.1, -0.05) is 72.3 Å². The van der Waals surface area contributed by atoms with Crippen LogP contribution >= 0.6 is 11.6 Å². The number of amides is 2. The number of hydrogen-bond acceptors (Lipinski definition) is 4. The molecule has 0 saturated heterocycles. The van der Waals surface area contributed by atoms with Gasteiger partial charge in [0.05, 0.1) is 11.3 Å². The molecule has 7 nitrogen and oxygen atoms in total. The molecule has 0 aromatic heterocycles. The lowest BCUT2D eigenvalue weighted by atomic mass is 9.97. The second kappa shape index (κ2) is 9.79. The van der Waals surface area contributed by atoms with Gasteiger partial charge in [-0.2, -0.15) is 0 Å². The van der Waals surface area contributed by atoms with Crippen LogP contribution in [0.4, 0.5) is 11.4 Å². The number of rotatable bonds is 5. The van der Waals surface area contributed by atoms with Crippen LogP contribution in [-0.4, -0.2) is 27.8 Å². The number of benzene rings is 4. The zero-order valence-corrected chi connectivity index (χ0v) is 20.2. The van der Waals surface area contributed by atoms with Crippen molar-refractivity contribution in [2.24, 2.45) is 0 Å². The second-order valence-corrected chi connectivity index (χ2v) is 9.13. The molecule has 2 unspecified atom stereocenters. The minimum Gasteiger partial charge on any atom is -0.479 e. The third kappa shape index (κ3) is 4.64. The van der Waals surface area contributed by atoms with Gasteiger partial charge >= 0.3 is 5.97 Å². The lowest BCUT2D eigenvalue weighted by Crippen LogP contribution is -2.44. The predicted octanol–water partition coefficient (Wildman–Crippen LogP) is 5.55. The zero-order chi connectivity index (χ0) is 26.1. The van der Waals surface area contributed by atoms with E-state index >= 15 is 0 Å². The third-order valence-electron chi connectivity index (χ3n) is 6.30. The molecule has 0 spiro atoms. The largest absolute Gasteiger partial charge is 0.479 e. The molecule has 4 aromatic rings. The fourth-order valence-corrected chi connectivity index (χ4v) is 4.72. The number of anilines is 2. The summed E-state index contributed by atoms with van der Waals surface area (Å²) in [7, 11) is 0. The van der Waals surface area contributed by atoms with Gasteiger partial charge in [0, 0.05) is 10.7 Å². The van der Waals surface area contributed by atoms with Gasteiger partial charge < -0.3 is 21.1 Å². The van der Waals surface area contributed by atoms with Gasteiger partial charge in [0.2, 0.25) is 0 Å². The molecule has 4 N–H and O–H groups in total. The fourth-order valence-electron chi connectivity index (χ4n) is 4.59. The number of carbonyl (C=O) groups is 3. The number of aliphatic carboxylic acids is 1. The highest BCUT2D eigenvalue weighted by Gasteiger charge is 2.43. The van der Waals surface area contributed by atoms with E-state index in [0.29, 0.717) is 33.1 Å². The van der Waals surface area contributed by atoms with Crippen LogP contribution < -0.4 is 11.1 Å². The van der Waals surface area contributed by atoms with Gasteiger partial charge in [-0.05, 0) is 58.7 Å². The highest BCUT2D eigenvalue weighted by Crippen LogP contribution is 2.39. The molecule has 2 atom stereocenters. The SMILES string of the molecule is Nc1cccc(-c2ccc3c(c2)C(=O)N(C(C(=O)O)c2ccccc2)C(c2ccc(Cl)cc2)C(=O)N3)c1. The number of carboxylic acid groups (broad SMARTS) is 1. The Morgan fingerprint density at radius 1 is 0.892 bits per heavy atom. The number of nitrogens with zero attached hydrogens (tertiary/aromatic N) is 1. The summed E-state index contributed by atoms with van der Waals surface area (Å²) in [4.78, 5) is 41.7. The fraction of sp³-hybridized carbons (Fsp3) is 0.0690. The van der Waals surface area contributed by atoms with Gasteiger partial charge in [0.25, 0.3) is 11.8 Å². The Kier molecular flexibility index (Phi) is 6.38. The van der Waals surface area contributed by atoms with Gasteiger partial charge in [-0.15, -0.1) is 0 Å². The molecule has 0 fully saturated rings. The smallest absolute Gasteiger partial charge is 0.331 e. The number of halogens is 1. The van der Waals surface area contributed by atoms with E-state index in [2.05, 4.69) is 5.32 Å². The summed E-state index contributed by atoms with van der Waals surface area (Å²) in [6.45, 7) is 0. The summed E-state index contributed by atoms with van der Waals surface area (Å²) in [6, 6.07) is 24.4. The van der Waals surface area contributed by atoms with Crippen LogP contribution in [0.25, 0.3) is 11.1 Å². The molecular formula is C29H22ClN3O4. The molecule has 0 bridgehead atoms. The second-order valence-electron chi connectivity index (χ2n) is 8.69. The van der Waals surface area contributed by atoms with E-state index in [4.69, 9.17) is 17.3 Å². The Hall–Kier alpha value is -4.62. The number of fused-ring (bicyclic) bond motifs is 1. The van der Waals surface area contributed by atoms with Gasteiger partial charge in [0.1, 0.15) is 6.04 Å². The van der Waals surface area contributed by atoms with Crippen molar-refractivity contribution in [2.75, 3.05) is 11.1 Å². The average molecular weight is 512 g/mol. The number of carbonyl (C=O) groups excluding carboxylic acids is 2. The van der Waals surface area contributed by atoms with Crippen LogP contribution in [-0.2, 0) is 9.59 Å². The molecule has 1 heterocycles. The van der Waals surface area contributed by atoms with E-state index in [-0.39, 0.29) is 5.56 Å². The molecule has 5 rings (SSSR count). The molecule has 2 amide bonds. The molecular weight excluding hydrogens is 490 g/mol. The molecule has 1 aliphatic heterocycles. The Labute approximate surface area is 218 Å². The molecule has 0 aliphatic carbocycles. The summed E-state index contributed by atoms with van der Waals surface area (Å²) in [5.41, 5.74) is 9.26. The van der Waals surface area contributed by atoms with Crippen molar-refractivity contribution in [1.29, 1.82) is 0 Å². The number of carboxylic acids is 1. The standard InChI is InChI=1S/C29H22ClN3O4/c30-21-12-9-18(10-13-21)25-27(34)32-24-14-11-20(19-7-4-8-22(31)15-19)16-23(24)28(35)33(25)26(29(36)37)17-5-2-1-3-6-17/h1-16,25-26H,31H2,(H,32,34)(H,36,37). The maximum absolute atomic E-state index is 14.2. The number of nitrogens with two attached hydrogens (primary N) is 1. The first-order valence-electron chi connectivity index (χ1n) is 11.5. The third-order valence-corrected chi connectivity index (χ3v) is 6.55. The van der Waals surface area contributed by atoms with E-state index < -0.39 is 29.9 Å². The van der Waals surface area contributed by atoms with Gasteiger partial charge in [-0.3, -0.25) is 9.59 Å². The highest BCUT2D eigenvalue weighted by atomic mass is 35.5. The number of hydrogen-bond donors (Lipinski definition) is 3. The first-order chi connectivity index (χ1) is 17.8.